The summed E-state index contributed by atoms with van der Waals surface area (Å²) in [6.07, 6.45) is 1.68. The topological polar surface area (TPSA) is 20.2 Å². The van der Waals surface area contributed by atoms with Crippen LogP contribution in [0.4, 0.5) is 0 Å². The Morgan fingerprint density at radius 2 is 2.00 bits per heavy atom. The third kappa shape index (κ3) is 8.82. The molecule has 0 saturated heterocycles. The van der Waals surface area contributed by atoms with Gasteiger partial charge in [-0.2, -0.15) is 6.42 Å². The van der Waals surface area contributed by atoms with Crippen molar-refractivity contribution in [2.24, 2.45) is 0 Å². The molecule has 0 bridgehead atoms. The van der Waals surface area contributed by atoms with Gasteiger partial charge in [-0.3, -0.25) is 0 Å². The number of hydrogen-bond acceptors (Lipinski definition) is 1. The maximum absolute atomic E-state index is 8.03. The molecule has 0 saturated carbocycles. The van der Waals surface area contributed by atoms with Crippen LogP contribution in [0.15, 0.2) is 0 Å². The zero-order valence-corrected chi connectivity index (χ0v) is 4.96. The second kappa shape index (κ2) is 9.09. The van der Waals surface area contributed by atoms with Crippen LogP contribution >= 0.6 is 0 Å². The smallest absolute Gasteiger partial charge is 0.0406 e. The van der Waals surface area contributed by atoms with E-state index in [1.54, 1.807) is 0 Å². The van der Waals surface area contributed by atoms with Crippen LogP contribution in [0.1, 0.15) is 12.8 Å². The van der Waals surface area contributed by atoms with E-state index >= 15 is 0 Å². The Morgan fingerprint density at radius 1 is 1.50 bits per heavy atom. The minimum atomic E-state index is 0. The van der Waals surface area contributed by atoms with E-state index in [9.17, 15) is 0 Å². The summed E-state index contributed by atoms with van der Waals surface area (Å²) in [5.74, 6) is 0. The number of hydrogen-bond donors (Lipinski definition) is 1. The number of aliphatic hydroxyl groups is 1. The van der Waals surface area contributed by atoms with Gasteiger partial charge in [-0.1, -0.05) is 6.42 Å². The van der Waals surface area contributed by atoms with Gasteiger partial charge < -0.3 is 12.0 Å². The first-order valence-electron chi connectivity index (χ1n) is 1.82. The Bertz CT molecular complexity index is 15.0. The Morgan fingerprint density at radius 3 is 2.00 bits per heavy atom. The molecule has 0 aliphatic carbocycles. The van der Waals surface area contributed by atoms with Gasteiger partial charge >= 0.3 is 0 Å². The summed E-state index contributed by atoms with van der Waals surface area (Å²) in [6.45, 7) is 3.80. The van der Waals surface area contributed by atoms with Gasteiger partial charge in [-0.15, -0.1) is 0 Å². The fourth-order valence-electron chi connectivity index (χ4n) is 0.112. The van der Waals surface area contributed by atoms with Gasteiger partial charge in [0, 0.05) is 24.0 Å². The van der Waals surface area contributed by atoms with Crippen LogP contribution in [0.2, 0.25) is 0 Å². The van der Waals surface area contributed by atoms with Crippen LogP contribution in [0.3, 0.4) is 0 Å². The average molecular weight is 125 g/mol. The van der Waals surface area contributed by atoms with Gasteiger partial charge in [0.2, 0.25) is 0 Å². The molecule has 0 heterocycles. The van der Waals surface area contributed by atoms with Crippen molar-refractivity contribution < 1.29 is 22.5 Å². The third-order valence-electron chi connectivity index (χ3n) is 0.408. The van der Waals surface area contributed by atoms with Gasteiger partial charge in [0.1, 0.15) is 0 Å². The molecule has 0 aliphatic heterocycles. The molecule has 0 fully saturated rings. The van der Waals surface area contributed by atoms with Gasteiger partial charge in [0.05, 0.1) is 0 Å². The minimum absolute atomic E-state index is 0. The summed E-state index contributed by atoms with van der Waals surface area (Å²) in [7, 11) is 0. The van der Waals surface area contributed by atoms with E-state index in [1.165, 1.54) is 0 Å². The Balaban J connectivity index is 0. The molecule has 0 aromatic heterocycles. The average Bonchev–Trinajstić information content (AvgIpc) is 1.41. The molecule has 2 heteroatoms. The van der Waals surface area contributed by atoms with Crippen LogP contribution in [-0.2, 0) is 17.4 Å². The van der Waals surface area contributed by atoms with Crippen LogP contribution in [-0.4, -0.2) is 11.7 Å². The monoisotopic (exact) mass is 125 g/mol. The van der Waals surface area contributed by atoms with Crippen molar-refractivity contribution in [2.45, 2.75) is 12.8 Å². The minimum Gasteiger partial charge on any atom is -0.396 e. The Kier molecular flexibility index (Phi) is 14.7. The van der Waals surface area contributed by atoms with Crippen molar-refractivity contribution in [1.82, 2.24) is 0 Å². The second-order valence-corrected chi connectivity index (χ2v) is 0.931. The van der Waals surface area contributed by atoms with Crippen LogP contribution in [0, 0.1) is 6.92 Å². The van der Waals surface area contributed by atoms with E-state index in [2.05, 4.69) is 6.92 Å². The molecule has 0 aromatic rings. The quantitative estimate of drug-likeness (QED) is 0.535. The molecule has 1 N–H and O–H groups in total. The Labute approximate surface area is 49.5 Å². The maximum atomic E-state index is 8.03. The van der Waals surface area contributed by atoms with E-state index in [-0.39, 0.29) is 24.0 Å². The van der Waals surface area contributed by atoms with E-state index < -0.39 is 0 Å². The van der Waals surface area contributed by atoms with Gasteiger partial charge in [0.25, 0.3) is 0 Å². The van der Waals surface area contributed by atoms with E-state index in [0.29, 0.717) is 0 Å². The van der Waals surface area contributed by atoms with Crippen molar-refractivity contribution in [2.75, 3.05) is 6.61 Å². The zero-order chi connectivity index (χ0) is 4.12. The predicted octanol–water partition coefficient (Wildman–Crippen LogP) is 0.590. The molecule has 0 amide bonds. The third-order valence-corrected chi connectivity index (χ3v) is 0.408. The van der Waals surface area contributed by atoms with E-state index in [1.807, 2.05) is 0 Å². The summed E-state index contributed by atoms with van der Waals surface area (Å²) < 4.78 is 0. The van der Waals surface area contributed by atoms with Crippen molar-refractivity contribution in [3.63, 3.8) is 0 Å². The molecule has 0 aromatic carbocycles. The Hall–Kier alpha value is 0.492. The number of aliphatic hydroxyl groups excluding tert-OH is 1. The molecule has 6 heavy (non-hydrogen) atoms. The molecule has 38 valence electrons. The number of rotatable bonds is 2. The van der Waals surface area contributed by atoms with Gasteiger partial charge in [0.15, 0.2) is 0 Å². The molecule has 1 nitrogen and oxygen atoms in total. The maximum Gasteiger partial charge on any atom is 0.0406 e. The van der Waals surface area contributed by atoms with Crippen LogP contribution < -0.4 is 0 Å². The molecule has 0 atom stereocenters. The molecular formula is C4H9CrO-. The number of unbranched alkanes of at least 4 members (excludes halogenated alkanes) is 1. The molecular weight excluding hydrogens is 116 g/mol. The molecule has 0 rings (SSSR count). The SMILES string of the molecule is [CH2-]CCCO.[Cr]. The fourth-order valence-corrected chi connectivity index (χ4v) is 0.112. The van der Waals surface area contributed by atoms with Crippen molar-refractivity contribution in [1.29, 1.82) is 0 Å². The zero-order valence-electron chi connectivity index (χ0n) is 3.68. The summed E-state index contributed by atoms with van der Waals surface area (Å²) in [5.41, 5.74) is 0. The van der Waals surface area contributed by atoms with Crippen molar-refractivity contribution >= 4 is 0 Å². The van der Waals surface area contributed by atoms with E-state index in [4.69, 9.17) is 5.11 Å². The fraction of sp³-hybridized carbons (Fsp3) is 0.750. The van der Waals surface area contributed by atoms with Crippen LogP contribution in [0.25, 0.3) is 0 Å². The summed E-state index contributed by atoms with van der Waals surface area (Å²) in [6, 6.07) is 0. The van der Waals surface area contributed by atoms with Crippen LogP contribution in [0.5, 0.6) is 0 Å². The van der Waals surface area contributed by atoms with Gasteiger partial charge in [-0.05, 0) is 0 Å². The molecule has 0 spiro atoms. The van der Waals surface area contributed by atoms with Gasteiger partial charge in [-0.25, -0.2) is 0 Å². The molecule has 0 radical (unpaired) electrons. The van der Waals surface area contributed by atoms with Crippen molar-refractivity contribution in [3.05, 3.63) is 6.92 Å². The first kappa shape index (κ1) is 9.70. The first-order chi connectivity index (χ1) is 2.41. The standard InChI is InChI=1S/C4H9O.Cr/c1-2-3-4-5;/h5H,1-4H2;/q-1;. The normalized spacial score (nSPS) is 7.00. The summed E-state index contributed by atoms with van der Waals surface area (Å²) in [4.78, 5) is 0. The van der Waals surface area contributed by atoms with E-state index in [0.717, 1.165) is 12.8 Å². The molecule has 0 unspecified atom stereocenters. The summed E-state index contributed by atoms with van der Waals surface area (Å²) in [5, 5.41) is 8.03. The predicted molar refractivity (Wildman–Crippen MR) is 21.7 cm³/mol. The molecule has 0 aliphatic rings. The second-order valence-electron chi connectivity index (χ2n) is 0.931. The first-order valence-corrected chi connectivity index (χ1v) is 1.82. The largest absolute Gasteiger partial charge is 0.396 e. The van der Waals surface area contributed by atoms with Crippen molar-refractivity contribution in [3.8, 4) is 0 Å². The summed E-state index contributed by atoms with van der Waals surface area (Å²) >= 11 is 0.